The Morgan fingerprint density at radius 1 is 0.796 bits per heavy atom. The van der Waals surface area contributed by atoms with E-state index in [-0.39, 0.29) is 17.8 Å². The molecule has 0 saturated carbocycles. The summed E-state index contributed by atoms with van der Waals surface area (Å²) < 4.78 is 5.70. The molecule has 278 valence electrons. The molecule has 1 aliphatic heterocycles. The first kappa shape index (κ1) is 42.7. The van der Waals surface area contributed by atoms with Crippen LogP contribution in [-0.2, 0) is 27.3 Å². The summed E-state index contributed by atoms with van der Waals surface area (Å²) in [4.78, 5) is 44.3. The van der Waals surface area contributed by atoms with Crippen molar-refractivity contribution in [1.82, 2.24) is 9.80 Å². The van der Waals surface area contributed by atoms with Crippen molar-refractivity contribution in [3.63, 3.8) is 0 Å². The molecule has 0 fully saturated rings. The number of allylic oxidation sites excluding steroid dienone is 3. The molecule has 2 rings (SSSR count). The number of amides is 2. The molecule has 2 heterocycles. The molecule has 0 unspecified atom stereocenters. The molecule has 0 spiro atoms. The Kier molecular flexibility index (Phi) is 23.8. The lowest BCUT2D eigenvalue weighted by atomic mass is 10.0. The molecule has 7 nitrogen and oxygen atoms in total. The van der Waals surface area contributed by atoms with Crippen LogP contribution < -0.4 is 5.32 Å². The van der Waals surface area contributed by atoms with Crippen molar-refractivity contribution < 1.29 is 19.1 Å². The van der Waals surface area contributed by atoms with Gasteiger partial charge < -0.3 is 19.9 Å². The highest BCUT2D eigenvalue weighted by molar-refractivity contribution is 7.17. The number of thiophene rings is 1. The zero-order valence-corrected chi connectivity index (χ0v) is 32.4. The average molecular weight is 700 g/mol. The largest absolute Gasteiger partial charge is 0.462 e. The molecule has 0 aliphatic carbocycles. The first-order chi connectivity index (χ1) is 23.9. The molecule has 1 aromatic heterocycles. The van der Waals surface area contributed by atoms with E-state index in [2.05, 4.69) is 42.3 Å². The molecule has 0 atom stereocenters. The van der Waals surface area contributed by atoms with Crippen LogP contribution in [0.2, 0.25) is 0 Å². The fourth-order valence-electron chi connectivity index (χ4n) is 6.32. The Labute approximate surface area is 303 Å². The van der Waals surface area contributed by atoms with Crippen molar-refractivity contribution in [1.29, 1.82) is 0 Å². The number of fused-ring (bicyclic) bond motifs is 1. The number of unbranched alkanes of at least 4 members (excludes halogenated alkanes) is 14. The summed E-state index contributed by atoms with van der Waals surface area (Å²) >= 11 is 1.43. The number of rotatable bonds is 28. The maximum Gasteiger partial charge on any atom is 0.341 e. The van der Waals surface area contributed by atoms with E-state index in [9.17, 15) is 14.4 Å². The fraction of sp³-hybridized carbons (Fsp3) is 0.732. The van der Waals surface area contributed by atoms with Gasteiger partial charge in [0.2, 0.25) is 11.8 Å². The molecule has 0 saturated heterocycles. The lowest BCUT2D eigenvalue weighted by Crippen LogP contribution is -2.36. The van der Waals surface area contributed by atoms with Crippen molar-refractivity contribution in [2.45, 2.75) is 162 Å². The van der Waals surface area contributed by atoms with Gasteiger partial charge in [-0.05, 0) is 64.7 Å². The van der Waals surface area contributed by atoms with E-state index in [0.29, 0.717) is 55.9 Å². The molecular formula is C41H69N3O4S. The van der Waals surface area contributed by atoms with Gasteiger partial charge in [0.1, 0.15) is 5.00 Å². The summed E-state index contributed by atoms with van der Waals surface area (Å²) in [6.45, 7) is 6.60. The second-order valence-corrected chi connectivity index (χ2v) is 15.0. The van der Waals surface area contributed by atoms with Crippen molar-refractivity contribution in [3.05, 3.63) is 40.3 Å². The van der Waals surface area contributed by atoms with E-state index in [4.69, 9.17) is 4.74 Å². The number of nitrogens with zero attached hydrogens (tertiary/aromatic N) is 2. The number of nitrogens with one attached hydrogen (secondary N) is 1. The summed E-state index contributed by atoms with van der Waals surface area (Å²) in [7, 11) is 4.03. The van der Waals surface area contributed by atoms with E-state index in [1.165, 1.54) is 88.4 Å². The van der Waals surface area contributed by atoms with E-state index in [1.807, 2.05) is 25.1 Å². The quantitative estimate of drug-likeness (QED) is 0.0535. The van der Waals surface area contributed by atoms with Crippen LogP contribution in [0.15, 0.2) is 24.3 Å². The molecule has 1 aromatic rings. The normalized spacial score (nSPS) is 13.1. The van der Waals surface area contributed by atoms with Gasteiger partial charge in [-0.3, -0.25) is 9.59 Å². The minimum absolute atomic E-state index is 0.0537. The highest BCUT2D eigenvalue weighted by Gasteiger charge is 2.31. The Bertz CT molecular complexity index is 1130. The zero-order chi connectivity index (χ0) is 35.5. The third-order valence-corrected chi connectivity index (χ3v) is 10.4. The third-order valence-electron chi connectivity index (χ3n) is 9.23. The minimum Gasteiger partial charge on any atom is -0.462 e. The number of ether oxygens (including phenoxy) is 1. The number of esters is 1. The van der Waals surface area contributed by atoms with Crippen molar-refractivity contribution in [2.75, 3.05) is 39.1 Å². The van der Waals surface area contributed by atoms with Gasteiger partial charge in [-0.1, -0.05) is 128 Å². The van der Waals surface area contributed by atoms with Crippen LogP contribution in [0.3, 0.4) is 0 Å². The average Bonchev–Trinajstić information content (AvgIpc) is 3.44. The van der Waals surface area contributed by atoms with E-state index < -0.39 is 0 Å². The summed E-state index contributed by atoms with van der Waals surface area (Å²) in [5.41, 5.74) is 1.41. The third kappa shape index (κ3) is 18.9. The van der Waals surface area contributed by atoms with Gasteiger partial charge >= 0.3 is 5.97 Å². The number of anilines is 1. The van der Waals surface area contributed by atoms with Gasteiger partial charge in [-0.15, -0.1) is 11.3 Å². The van der Waals surface area contributed by atoms with Gasteiger partial charge in [0.25, 0.3) is 0 Å². The second kappa shape index (κ2) is 27.3. The van der Waals surface area contributed by atoms with Crippen molar-refractivity contribution in [3.8, 4) is 0 Å². The minimum atomic E-state index is -0.384. The topological polar surface area (TPSA) is 79.0 Å². The second-order valence-electron chi connectivity index (χ2n) is 13.9. The fourth-order valence-corrected chi connectivity index (χ4v) is 7.59. The Morgan fingerprint density at radius 3 is 2.02 bits per heavy atom. The molecule has 49 heavy (non-hydrogen) atoms. The monoisotopic (exact) mass is 700 g/mol. The lowest BCUT2D eigenvalue weighted by molar-refractivity contribution is -0.132. The van der Waals surface area contributed by atoms with Gasteiger partial charge in [0.15, 0.2) is 0 Å². The molecule has 0 bridgehead atoms. The smallest absolute Gasteiger partial charge is 0.341 e. The SMILES string of the molecule is CC/C=C\C/C=C\CCOC(=O)c1c(NC(=O)CCCCCCCCCCCCCCCCC)sc2c1CCN(C(=O)CCCN(C)C)C2. The first-order valence-corrected chi connectivity index (χ1v) is 20.5. The maximum atomic E-state index is 13.4. The Hall–Kier alpha value is -2.45. The summed E-state index contributed by atoms with van der Waals surface area (Å²) in [5.74, 6) is -0.295. The van der Waals surface area contributed by atoms with Crippen LogP contribution in [0.5, 0.6) is 0 Å². The van der Waals surface area contributed by atoms with Crippen LogP contribution in [0.1, 0.15) is 169 Å². The number of hydrogen-bond acceptors (Lipinski definition) is 6. The Morgan fingerprint density at radius 2 is 1.41 bits per heavy atom. The predicted octanol–water partition coefficient (Wildman–Crippen LogP) is 10.6. The standard InChI is InChI=1S/C41H69N3O4S/c1-5-7-9-11-13-14-15-16-17-18-19-20-21-23-25-28-37(45)42-40-39(41(47)48-33-26-24-22-12-10-8-6-2)35-30-32-44(34-36(35)49-40)38(46)29-27-31-43(3)4/h8,10,22,24H,5-7,9,11-21,23,25-34H2,1-4H3,(H,42,45)/b10-8-,24-22-. The maximum absolute atomic E-state index is 13.4. The summed E-state index contributed by atoms with van der Waals surface area (Å²) in [6.07, 6.45) is 32.6. The number of hydrogen-bond donors (Lipinski definition) is 1. The van der Waals surface area contributed by atoms with Gasteiger partial charge in [0, 0.05) is 24.3 Å². The highest BCUT2D eigenvalue weighted by atomic mass is 32.1. The van der Waals surface area contributed by atoms with E-state index in [1.54, 1.807) is 0 Å². The lowest BCUT2D eigenvalue weighted by Gasteiger charge is -2.27. The van der Waals surface area contributed by atoms with Gasteiger partial charge in [-0.25, -0.2) is 4.79 Å². The van der Waals surface area contributed by atoms with Crippen molar-refractivity contribution in [2.24, 2.45) is 0 Å². The zero-order valence-electron chi connectivity index (χ0n) is 31.6. The summed E-state index contributed by atoms with van der Waals surface area (Å²) in [5, 5.41) is 3.64. The first-order valence-electron chi connectivity index (χ1n) is 19.7. The van der Waals surface area contributed by atoms with Crippen LogP contribution in [-0.4, -0.2) is 61.4 Å². The predicted molar refractivity (Wildman–Crippen MR) is 207 cm³/mol. The molecule has 0 aromatic carbocycles. The molecule has 8 heteroatoms. The molecular weight excluding hydrogens is 631 g/mol. The van der Waals surface area contributed by atoms with Crippen LogP contribution in [0.25, 0.3) is 0 Å². The number of carbonyl (C=O) groups is 3. The van der Waals surface area contributed by atoms with Crippen LogP contribution in [0, 0.1) is 0 Å². The van der Waals surface area contributed by atoms with Crippen LogP contribution in [0.4, 0.5) is 5.00 Å². The summed E-state index contributed by atoms with van der Waals surface area (Å²) in [6, 6.07) is 0. The molecule has 1 aliphatic rings. The molecule has 0 radical (unpaired) electrons. The molecule has 1 N–H and O–H groups in total. The number of carbonyl (C=O) groups excluding carboxylic acids is 3. The van der Waals surface area contributed by atoms with Gasteiger partial charge in [0.05, 0.1) is 18.7 Å². The molecule has 2 amide bonds. The van der Waals surface area contributed by atoms with Crippen molar-refractivity contribution >= 4 is 34.1 Å². The van der Waals surface area contributed by atoms with E-state index in [0.717, 1.165) is 55.5 Å². The van der Waals surface area contributed by atoms with Crippen LogP contribution >= 0.6 is 11.3 Å². The van der Waals surface area contributed by atoms with E-state index >= 15 is 0 Å². The highest BCUT2D eigenvalue weighted by Crippen LogP contribution is 2.38. The Balaban J connectivity index is 1.82. The van der Waals surface area contributed by atoms with Gasteiger partial charge in [-0.2, -0.15) is 0 Å².